The number of aryl methyl sites for hydroxylation is 1. The minimum Gasteiger partial charge on any atom is -0.379 e. The highest BCUT2D eigenvalue weighted by atomic mass is 32.2. The lowest BCUT2D eigenvalue weighted by Gasteiger charge is -2.26. The quantitative estimate of drug-likeness (QED) is 0.554. The third kappa shape index (κ3) is 5.66. The van der Waals surface area contributed by atoms with Crippen molar-refractivity contribution in [2.45, 2.75) is 25.2 Å². The Labute approximate surface area is 163 Å². The molecule has 0 radical (unpaired) electrons. The van der Waals surface area contributed by atoms with Crippen LogP contribution in [-0.2, 0) is 22.6 Å². The fraction of sp³-hybridized carbons (Fsp3) is 0.421. The van der Waals surface area contributed by atoms with Crippen LogP contribution in [0.1, 0.15) is 11.4 Å². The highest BCUT2D eigenvalue weighted by Crippen LogP contribution is 2.18. The van der Waals surface area contributed by atoms with Gasteiger partial charge in [-0.1, -0.05) is 30.0 Å². The number of anilines is 1. The largest absolute Gasteiger partial charge is 0.379 e. The third-order valence-electron chi connectivity index (χ3n) is 4.29. The molecule has 2 aromatic rings. The maximum Gasteiger partial charge on any atom is 0.234 e. The Morgan fingerprint density at radius 3 is 2.74 bits per heavy atom. The number of nitrogens with zero attached hydrogens (tertiary/aromatic N) is 4. The number of thioether (sulfide) groups is 1. The first-order valence-electron chi connectivity index (χ1n) is 8.98. The van der Waals surface area contributed by atoms with E-state index in [9.17, 15) is 4.79 Å². The summed E-state index contributed by atoms with van der Waals surface area (Å²) in [5.74, 6) is 1.03. The Kier molecular flexibility index (Phi) is 7.03. The van der Waals surface area contributed by atoms with Crippen LogP contribution in [0.3, 0.4) is 0 Å². The molecule has 3 rings (SSSR count). The summed E-state index contributed by atoms with van der Waals surface area (Å²) in [5, 5.41) is 11.8. The molecule has 1 amide bonds. The molecule has 144 valence electrons. The van der Waals surface area contributed by atoms with Gasteiger partial charge in [0.2, 0.25) is 5.91 Å². The monoisotopic (exact) mass is 387 g/mol. The van der Waals surface area contributed by atoms with E-state index in [1.165, 1.54) is 17.3 Å². The summed E-state index contributed by atoms with van der Waals surface area (Å²) < 4.78 is 7.31. The highest BCUT2D eigenvalue weighted by molar-refractivity contribution is 7.99. The van der Waals surface area contributed by atoms with Crippen molar-refractivity contribution in [3.05, 3.63) is 48.3 Å². The molecule has 0 saturated carbocycles. The average Bonchev–Trinajstić information content (AvgIpc) is 3.03. The van der Waals surface area contributed by atoms with Gasteiger partial charge in [0, 0.05) is 31.9 Å². The van der Waals surface area contributed by atoms with E-state index in [1.54, 1.807) is 6.08 Å². The van der Waals surface area contributed by atoms with Gasteiger partial charge in [0.1, 0.15) is 5.82 Å². The number of aromatic nitrogens is 3. The molecule has 1 N–H and O–H groups in total. The lowest BCUT2D eigenvalue weighted by Crippen LogP contribution is -2.35. The second kappa shape index (κ2) is 9.68. The molecule has 8 heteroatoms. The molecule has 0 aliphatic carbocycles. The second-order valence-electron chi connectivity index (χ2n) is 6.35. The van der Waals surface area contributed by atoms with Gasteiger partial charge in [0.25, 0.3) is 0 Å². The zero-order valence-electron chi connectivity index (χ0n) is 15.6. The SMILES string of the molecule is C=CCn1c(C)nnc1SCC(=O)Nc1ccc(CN2CCOCC2)cc1. The number of benzene rings is 1. The van der Waals surface area contributed by atoms with Crippen molar-refractivity contribution in [1.29, 1.82) is 0 Å². The van der Waals surface area contributed by atoms with Crippen molar-refractivity contribution in [3.63, 3.8) is 0 Å². The van der Waals surface area contributed by atoms with Crippen LogP contribution >= 0.6 is 11.8 Å². The maximum absolute atomic E-state index is 12.2. The number of allylic oxidation sites excluding steroid dienone is 1. The zero-order valence-corrected chi connectivity index (χ0v) is 16.4. The number of carbonyl (C=O) groups is 1. The van der Waals surface area contributed by atoms with E-state index in [2.05, 4.69) is 39.1 Å². The molecule has 1 aliphatic rings. The number of nitrogens with one attached hydrogen (secondary N) is 1. The van der Waals surface area contributed by atoms with Crippen LogP contribution in [0.25, 0.3) is 0 Å². The van der Waals surface area contributed by atoms with E-state index >= 15 is 0 Å². The maximum atomic E-state index is 12.2. The molecule has 0 spiro atoms. The van der Waals surface area contributed by atoms with Crippen LogP contribution in [0.4, 0.5) is 5.69 Å². The van der Waals surface area contributed by atoms with E-state index in [1.807, 2.05) is 23.6 Å². The highest BCUT2D eigenvalue weighted by Gasteiger charge is 2.12. The lowest BCUT2D eigenvalue weighted by atomic mass is 10.2. The number of rotatable bonds is 8. The molecule has 27 heavy (non-hydrogen) atoms. The number of morpholine rings is 1. The van der Waals surface area contributed by atoms with Crippen molar-refractivity contribution in [3.8, 4) is 0 Å². The molecular formula is C19H25N5O2S. The minimum absolute atomic E-state index is 0.0632. The zero-order chi connectivity index (χ0) is 19.1. The van der Waals surface area contributed by atoms with E-state index < -0.39 is 0 Å². The summed E-state index contributed by atoms with van der Waals surface area (Å²) in [5.41, 5.74) is 2.03. The molecule has 1 saturated heterocycles. The van der Waals surface area contributed by atoms with Gasteiger partial charge in [0.05, 0.1) is 19.0 Å². The number of carbonyl (C=O) groups excluding carboxylic acids is 1. The minimum atomic E-state index is -0.0632. The molecule has 1 aromatic carbocycles. The Hall–Kier alpha value is -2.16. The van der Waals surface area contributed by atoms with Crippen LogP contribution in [0, 0.1) is 6.92 Å². The van der Waals surface area contributed by atoms with Gasteiger partial charge in [-0.3, -0.25) is 9.69 Å². The van der Waals surface area contributed by atoms with Crippen LogP contribution in [-0.4, -0.2) is 57.6 Å². The molecule has 1 aliphatic heterocycles. The summed E-state index contributed by atoms with van der Waals surface area (Å²) in [7, 11) is 0. The number of hydrogen-bond acceptors (Lipinski definition) is 6. The van der Waals surface area contributed by atoms with Crippen molar-refractivity contribution in [1.82, 2.24) is 19.7 Å². The van der Waals surface area contributed by atoms with Crippen molar-refractivity contribution in [2.75, 3.05) is 37.4 Å². The smallest absolute Gasteiger partial charge is 0.234 e. The van der Waals surface area contributed by atoms with Gasteiger partial charge >= 0.3 is 0 Å². The van der Waals surface area contributed by atoms with Gasteiger partial charge in [-0.15, -0.1) is 16.8 Å². The van der Waals surface area contributed by atoms with Gasteiger partial charge in [0.15, 0.2) is 5.16 Å². The molecule has 1 aromatic heterocycles. The number of hydrogen-bond donors (Lipinski definition) is 1. The predicted molar refractivity (Wildman–Crippen MR) is 107 cm³/mol. The number of ether oxygens (including phenoxy) is 1. The van der Waals surface area contributed by atoms with Crippen LogP contribution in [0.5, 0.6) is 0 Å². The number of amides is 1. The van der Waals surface area contributed by atoms with Gasteiger partial charge < -0.3 is 14.6 Å². The van der Waals surface area contributed by atoms with E-state index in [0.717, 1.165) is 49.5 Å². The lowest BCUT2D eigenvalue weighted by molar-refractivity contribution is -0.113. The van der Waals surface area contributed by atoms with Gasteiger partial charge in [-0.2, -0.15) is 0 Å². The molecular weight excluding hydrogens is 362 g/mol. The average molecular weight is 388 g/mol. The van der Waals surface area contributed by atoms with Crippen LogP contribution in [0.15, 0.2) is 42.1 Å². The molecule has 0 bridgehead atoms. The molecule has 0 atom stereocenters. The van der Waals surface area contributed by atoms with Crippen LogP contribution < -0.4 is 5.32 Å². The van der Waals surface area contributed by atoms with E-state index in [-0.39, 0.29) is 11.7 Å². The first kappa shape index (κ1) is 19.6. The summed E-state index contributed by atoms with van der Waals surface area (Å²) in [4.78, 5) is 14.6. The normalized spacial score (nSPS) is 14.9. The Bertz CT molecular complexity index is 769. The fourth-order valence-electron chi connectivity index (χ4n) is 2.85. The predicted octanol–water partition coefficient (Wildman–Crippen LogP) is 2.34. The first-order chi connectivity index (χ1) is 13.2. The summed E-state index contributed by atoms with van der Waals surface area (Å²) >= 11 is 1.37. The fourth-order valence-corrected chi connectivity index (χ4v) is 3.64. The van der Waals surface area contributed by atoms with Gasteiger partial charge in [-0.25, -0.2) is 0 Å². The molecule has 1 fully saturated rings. The second-order valence-corrected chi connectivity index (χ2v) is 7.29. The molecule has 2 heterocycles. The van der Waals surface area contributed by atoms with Crippen molar-refractivity contribution < 1.29 is 9.53 Å². The Balaban J connectivity index is 1.48. The van der Waals surface area contributed by atoms with E-state index in [0.29, 0.717) is 6.54 Å². The van der Waals surface area contributed by atoms with Crippen molar-refractivity contribution >= 4 is 23.4 Å². The van der Waals surface area contributed by atoms with Gasteiger partial charge in [-0.05, 0) is 24.6 Å². The van der Waals surface area contributed by atoms with Crippen molar-refractivity contribution in [2.24, 2.45) is 0 Å². The Morgan fingerprint density at radius 2 is 2.04 bits per heavy atom. The summed E-state index contributed by atoms with van der Waals surface area (Å²) in [6.45, 7) is 10.7. The summed E-state index contributed by atoms with van der Waals surface area (Å²) in [6, 6.07) is 8.01. The van der Waals surface area contributed by atoms with Crippen LogP contribution in [0.2, 0.25) is 0 Å². The summed E-state index contributed by atoms with van der Waals surface area (Å²) in [6.07, 6.45) is 1.79. The molecule has 0 unspecified atom stereocenters. The Morgan fingerprint density at radius 1 is 1.30 bits per heavy atom. The standard InChI is InChI=1S/C19H25N5O2S/c1-3-8-24-15(2)21-22-19(24)27-14-18(25)20-17-6-4-16(5-7-17)13-23-9-11-26-12-10-23/h3-7H,1,8-14H2,2H3,(H,20,25). The molecule has 7 nitrogen and oxygen atoms in total. The third-order valence-corrected chi connectivity index (χ3v) is 5.26. The first-order valence-corrected chi connectivity index (χ1v) is 9.96. The van der Waals surface area contributed by atoms with E-state index in [4.69, 9.17) is 4.74 Å². The topological polar surface area (TPSA) is 72.3 Å².